The standard InChI is InChI=1S/C13H13.C5H5.5CH3.Hf/c1-9-5-6-12-7-10-3-2-4-11(10)8-13(9)12;1-2-4-5-3-1;;;;;;/h5-8H,2-4H2,1H3;1-5H;5*1H3;/q7*-1;. The van der Waals surface area contributed by atoms with Gasteiger partial charge in [0.2, 0.25) is 0 Å². The van der Waals surface area contributed by atoms with Crippen LogP contribution in [0.5, 0.6) is 0 Å². The molecule has 1 heteroatoms. The van der Waals surface area contributed by atoms with Crippen LogP contribution in [0.2, 0.25) is 0 Å². The minimum Gasteiger partial charge on any atom is -0.358 e. The SMILES string of the molecule is C[c-]1ccc2cc3c(cc21)CCC3.[CH3-].[CH3-].[CH3-].[CH3-].[CH3-].[Hf].c1cc[cH-]c1. The molecule has 24 heavy (non-hydrogen) atoms. The maximum Gasteiger partial charge on any atom is 0 e. The minimum atomic E-state index is 0. The molecule has 1 aliphatic rings. The van der Waals surface area contributed by atoms with Crippen molar-refractivity contribution < 1.29 is 25.8 Å². The predicted octanol–water partition coefficient (Wildman–Crippen LogP) is 7.01. The molecule has 0 aliphatic heterocycles. The first-order chi connectivity index (χ1) is 8.84. The molecule has 3 aromatic carbocycles. The molecule has 1 aliphatic carbocycles. The van der Waals surface area contributed by atoms with Crippen molar-refractivity contribution in [2.75, 3.05) is 0 Å². The summed E-state index contributed by atoms with van der Waals surface area (Å²) in [6, 6.07) is 19.2. The summed E-state index contributed by atoms with van der Waals surface area (Å²) in [4.78, 5) is 0. The normalized spacial score (nSPS) is 9.88. The molecule has 0 spiro atoms. The Morgan fingerprint density at radius 1 is 0.875 bits per heavy atom. The Hall–Kier alpha value is -0.950. The Balaban J connectivity index is -0.000000163. The van der Waals surface area contributed by atoms with E-state index in [1.54, 1.807) is 11.1 Å². The monoisotopic (exact) mass is 489 g/mol. The van der Waals surface area contributed by atoms with Gasteiger partial charge in [-0.2, -0.15) is 30.3 Å². The topological polar surface area (TPSA) is 0 Å². The van der Waals surface area contributed by atoms with Crippen molar-refractivity contribution in [1.82, 2.24) is 0 Å². The van der Waals surface area contributed by atoms with Gasteiger partial charge in [0.25, 0.3) is 0 Å². The van der Waals surface area contributed by atoms with E-state index in [0.29, 0.717) is 0 Å². The zero-order valence-corrected chi connectivity index (χ0v) is 19.9. The summed E-state index contributed by atoms with van der Waals surface area (Å²) in [7, 11) is 0. The minimum absolute atomic E-state index is 0. The maximum absolute atomic E-state index is 2.40. The van der Waals surface area contributed by atoms with Crippen molar-refractivity contribution in [1.29, 1.82) is 0 Å². The van der Waals surface area contributed by atoms with E-state index in [0.717, 1.165) is 0 Å². The van der Waals surface area contributed by atoms with Crippen LogP contribution in [0.3, 0.4) is 0 Å². The molecular formula is C23H33Hf-7. The number of rotatable bonds is 0. The fourth-order valence-electron chi connectivity index (χ4n) is 2.75. The summed E-state index contributed by atoms with van der Waals surface area (Å²) in [6.07, 6.45) is 3.92. The van der Waals surface area contributed by atoms with Crippen molar-refractivity contribution in [3.8, 4) is 0 Å². The van der Waals surface area contributed by atoms with Crippen LogP contribution in [0.25, 0.3) is 10.8 Å². The molecule has 0 nitrogen and oxygen atoms in total. The fourth-order valence-corrected chi connectivity index (χ4v) is 2.75. The molecule has 0 fully saturated rings. The Kier molecular flexibility index (Phi) is 18.5. The predicted molar refractivity (Wildman–Crippen MR) is 110 cm³/mol. The summed E-state index contributed by atoms with van der Waals surface area (Å²) in [5.41, 5.74) is 4.59. The summed E-state index contributed by atoms with van der Waals surface area (Å²) in [6.45, 7) is 2.20. The second-order valence-corrected chi connectivity index (χ2v) is 5.04. The van der Waals surface area contributed by atoms with Gasteiger partial charge < -0.3 is 37.1 Å². The molecule has 3 aromatic rings. The third-order valence-corrected chi connectivity index (χ3v) is 3.76. The van der Waals surface area contributed by atoms with Crippen LogP contribution in [-0.2, 0) is 38.7 Å². The number of hydrogen-bond donors (Lipinski definition) is 0. The molecule has 0 saturated carbocycles. The largest absolute Gasteiger partial charge is 0.358 e. The third-order valence-electron chi connectivity index (χ3n) is 3.76. The zero-order valence-electron chi connectivity index (χ0n) is 16.3. The van der Waals surface area contributed by atoms with Crippen molar-refractivity contribution in [3.05, 3.63) is 108 Å². The molecule has 0 saturated heterocycles. The average Bonchev–Trinajstić information content (AvgIpc) is 3.09. The van der Waals surface area contributed by atoms with Crippen molar-refractivity contribution >= 4 is 10.8 Å². The zero-order chi connectivity index (χ0) is 12.4. The van der Waals surface area contributed by atoms with Crippen molar-refractivity contribution in [2.24, 2.45) is 0 Å². The van der Waals surface area contributed by atoms with Gasteiger partial charge in [-0.15, -0.1) is 28.5 Å². The van der Waals surface area contributed by atoms with E-state index in [-0.39, 0.29) is 63.0 Å². The van der Waals surface area contributed by atoms with Crippen LogP contribution in [0.15, 0.2) is 54.6 Å². The summed E-state index contributed by atoms with van der Waals surface area (Å²) < 4.78 is 0. The molecular weight excluding hydrogens is 455 g/mol. The van der Waals surface area contributed by atoms with E-state index in [9.17, 15) is 0 Å². The average molecular weight is 488 g/mol. The molecule has 0 aromatic heterocycles. The first-order valence-corrected chi connectivity index (χ1v) is 6.69. The molecule has 0 heterocycles. The molecule has 0 atom stereocenters. The second kappa shape index (κ2) is 14.4. The van der Waals surface area contributed by atoms with Gasteiger partial charge in [0.05, 0.1) is 0 Å². The van der Waals surface area contributed by atoms with E-state index in [2.05, 4.69) is 31.2 Å². The van der Waals surface area contributed by atoms with Crippen LogP contribution in [0, 0.1) is 44.1 Å². The first-order valence-electron chi connectivity index (χ1n) is 6.69. The third kappa shape index (κ3) is 6.89. The van der Waals surface area contributed by atoms with Crippen LogP contribution in [0.4, 0.5) is 0 Å². The smallest absolute Gasteiger partial charge is 0 e. The fraction of sp³-hybridized carbons (Fsp3) is 0.174. The molecule has 0 amide bonds. The van der Waals surface area contributed by atoms with Crippen molar-refractivity contribution in [3.63, 3.8) is 0 Å². The Morgan fingerprint density at radius 2 is 1.42 bits per heavy atom. The van der Waals surface area contributed by atoms with Gasteiger partial charge in [0.15, 0.2) is 0 Å². The molecule has 0 bridgehead atoms. The summed E-state index contributed by atoms with van der Waals surface area (Å²) in [5, 5.41) is 2.89. The maximum atomic E-state index is 2.40. The second-order valence-electron chi connectivity index (χ2n) is 5.04. The quantitative estimate of drug-likeness (QED) is 0.236. The summed E-state index contributed by atoms with van der Waals surface area (Å²) >= 11 is 0. The van der Waals surface area contributed by atoms with E-state index in [1.807, 2.05) is 30.3 Å². The molecule has 0 unspecified atom stereocenters. The molecule has 136 valence electrons. The van der Waals surface area contributed by atoms with Gasteiger partial charge in [0, 0.05) is 25.8 Å². The summed E-state index contributed by atoms with van der Waals surface area (Å²) in [5.74, 6) is 0. The Labute approximate surface area is 170 Å². The number of hydrogen-bond acceptors (Lipinski definition) is 0. The van der Waals surface area contributed by atoms with Gasteiger partial charge in [-0.1, -0.05) is 18.1 Å². The van der Waals surface area contributed by atoms with E-state index < -0.39 is 0 Å². The molecule has 0 N–H and O–H groups in total. The molecule has 4 rings (SSSR count). The van der Waals surface area contributed by atoms with E-state index >= 15 is 0 Å². The van der Waals surface area contributed by atoms with Gasteiger partial charge >= 0.3 is 0 Å². The van der Waals surface area contributed by atoms with Gasteiger partial charge in [-0.3, -0.25) is 0 Å². The van der Waals surface area contributed by atoms with E-state index in [4.69, 9.17) is 0 Å². The first kappa shape index (κ1) is 30.9. The Bertz CT molecular complexity index is 612. The van der Waals surface area contributed by atoms with Crippen LogP contribution < -0.4 is 0 Å². The van der Waals surface area contributed by atoms with Gasteiger partial charge in [0.1, 0.15) is 0 Å². The van der Waals surface area contributed by atoms with E-state index in [1.165, 1.54) is 35.6 Å². The number of aryl methyl sites for hydroxylation is 3. The molecule has 0 radical (unpaired) electrons. The van der Waals surface area contributed by atoms with Gasteiger partial charge in [-0.25, -0.2) is 12.1 Å². The van der Waals surface area contributed by atoms with Crippen LogP contribution >= 0.6 is 0 Å². The Morgan fingerprint density at radius 3 is 1.92 bits per heavy atom. The number of benzene rings is 1. The van der Waals surface area contributed by atoms with Crippen molar-refractivity contribution in [2.45, 2.75) is 26.2 Å². The van der Waals surface area contributed by atoms with Gasteiger partial charge in [-0.05, 0) is 19.3 Å². The number of fused-ring (bicyclic) bond motifs is 2. The van der Waals surface area contributed by atoms with Crippen LogP contribution in [0.1, 0.15) is 23.1 Å². The van der Waals surface area contributed by atoms with Crippen LogP contribution in [-0.4, -0.2) is 0 Å².